The van der Waals surface area contributed by atoms with Crippen molar-refractivity contribution in [2.75, 3.05) is 31.7 Å². The lowest BCUT2D eigenvalue weighted by Crippen LogP contribution is -2.32. The van der Waals surface area contributed by atoms with Crippen molar-refractivity contribution < 1.29 is 14.8 Å². The third kappa shape index (κ3) is 4.14. The second-order valence-electron chi connectivity index (χ2n) is 4.69. The maximum absolute atomic E-state index is 9.37. The van der Waals surface area contributed by atoms with Crippen LogP contribution < -0.4 is 10.2 Å². The SMILES string of the molecule is COc1ccc(CN2CCCSCC2)cc1B(O)O. The van der Waals surface area contributed by atoms with Crippen LogP contribution in [0.5, 0.6) is 5.75 Å². The molecule has 1 aliphatic rings. The van der Waals surface area contributed by atoms with E-state index in [0.29, 0.717) is 11.2 Å². The zero-order chi connectivity index (χ0) is 13.7. The van der Waals surface area contributed by atoms with Crippen LogP contribution in [0.25, 0.3) is 0 Å². The highest BCUT2D eigenvalue weighted by molar-refractivity contribution is 7.99. The van der Waals surface area contributed by atoms with Gasteiger partial charge in [-0.15, -0.1) is 0 Å². The molecule has 0 amide bonds. The van der Waals surface area contributed by atoms with E-state index in [9.17, 15) is 10.0 Å². The van der Waals surface area contributed by atoms with Gasteiger partial charge < -0.3 is 14.8 Å². The molecular weight excluding hydrogens is 261 g/mol. The second kappa shape index (κ2) is 7.19. The molecule has 2 N–H and O–H groups in total. The smallest absolute Gasteiger partial charge is 0.492 e. The van der Waals surface area contributed by atoms with Gasteiger partial charge in [0.1, 0.15) is 5.75 Å². The molecule has 0 aromatic heterocycles. The maximum atomic E-state index is 9.37. The molecule has 0 bridgehead atoms. The molecule has 4 nitrogen and oxygen atoms in total. The van der Waals surface area contributed by atoms with Crippen LogP contribution in [0.4, 0.5) is 0 Å². The molecule has 0 spiro atoms. The Labute approximate surface area is 118 Å². The van der Waals surface area contributed by atoms with Gasteiger partial charge in [-0.25, -0.2) is 0 Å². The minimum absolute atomic E-state index is 0.434. The summed E-state index contributed by atoms with van der Waals surface area (Å²) < 4.78 is 5.13. The quantitative estimate of drug-likeness (QED) is 0.778. The molecule has 19 heavy (non-hydrogen) atoms. The Kier molecular flexibility index (Phi) is 5.57. The number of nitrogens with zero attached hydrogens (tertiary/aromatic N) is 1. The van der Waals surface area contributed by atoms with Crippen LogP contribution in [-0.2, 0) is 6.54 Å². The van der Waals surface area contributed by atoms with E-state index in [0.717, 1.165) is 25.2 Å². The van der Waals surface area contributed by atoms with E-state index in [-0.39, 0.29) is 0 Å². The summed E-state index contributed by atoms with van der Waals surface area (Å²) in [5, 5.41) is 18.7. The summed E-state index contributed by atoms with van der Waals surface area (Å²) in [5.41, 5.74) is 1.53. The van der Waals surface area contributed by atoms with Crippen molar-refractivity contribution in [3.05, 3.63) is 23.8 Å². The largest absolute Gasteiger partial charge is 0.497 e. The van der Waals surface area contributed by atoms with E-state index in [4.69, 9.17) is 4.74 Å². The predicted octanol–water partition coefficient (Wildman–Crippen LogP) is 0.314. The fraction of sp³-hybridized carbons (Fsp3) is 0.538. The van der Waals surface area contributed by atoms with Gasteiger partial charge in [-0.3, -0.25) is 4.90 Å². The van der Waals surface area contributed by atoms with Crippen molar-refractivity contribution in [3.8, 4) is 5.75 Å². The number of hydrogen-bond acceptors (Lipinski definition) is 5. The number of thioether (sulfide) groups is 1. The van der Waals surface area contributed by atoms with Crippen LogP contribution in [0.2, 0.25) is 0 Å². The van der Waals surface area contributed by atoms with Gasteiger partial charge >= 0.3 is 7.12 Å². The van der Waals surface area contributed by atoms with E-state index in [1.165, 1.54) is 25.0 Å². The van der Waals surface area contributed by atoms with E-state index >= 15 is 0 Å². The molecule has 0 saturated carbocycles. The number of rotatable bonds is 4. The van der Waals surface area contributed by atoms with Crippen LogP contribution in [0.1, 0.15) is 12.0 Å². The number of hydrogen-bond donors (Lipinski definition) is 2. The second-order valence-corrected chi connectivity index (χ2v) is 5.92. The van der Waals surface area contributed by atoms with E-state index in [2.05, 4.69) is 4.90 Å². The molecule has 1 aromatic rings. The standard InChI is InChI=1S/C13H20BNO3S/c1-18-13-4-3-11(9-12(13)14(16)17)10-15-5-2-7-19-8-6-15/h3-4,9,16-17H,2,5-8,10H2,1H3. The lowest BCUT2D eigenvalue weighted by Gasteiger charge is -2.20. The Bertz CT molecular complexity index is 409. The molecule has 1 saturated heterocycles. The van der Waals surface area contributed by atoms with Crippen molar-refractivity contribution in [2.24, 2.45) is 0 Å². The molecule has 0 radical (unpaired) electrons. The van der Waals surface area contributed by atoms with Gasteiger partial charge in [-0.2, -0.15) is 11.8 Å². The number of ether oxygens (including phenoxy) is 1. The highest BCUT2D eigenvalue weighted by Gasteiger charge is 2.18. The molecule has 0 atom stereocenters. The fourth-order valence-electron chi connectivity index (χ4n) is 2.30. The Balaban J connectivity index is 2.09. The maximum Gasteiger partial charge on any atom is 0.492 e. The normalized spacial score (nSPS) is 17.0. The molecule has 0 aliphatic carbocycles. The van der Waals surface area contributed by atoms with Gasteiger partial charge in [-0.05, 0) is 30.3 Å². The van der Waals surface area contributed by atoms with Crippen molar-refractivity contribution in [3.63, 3.8) is 0 Å². The van der Waals surface area contributed by atoms with Crippen LogP contribution >= 0.6 is 11.8 Å². The summed E-state index contributed by atoms with van der Waals surface area (Å²) in [4.78, 5) is 2.41. The van der Waals surface area contributed by atoms with Crippen molar-refractivity contribution >= 4 is 24.3 Å². The van der Waals surface area contributed by atoms with Gasteiger partial charge in [0.2, 0.25) is 0 Å². The summed E-state index contributed by atoms with van der Waals surface area (Å²) >= 11 is 2.00. The van der Waals surface area contributed by atoms with Crippen LogP contribution in [-0.4, -0.2) is 53.8 Å². The van der Waals surface area contributed by atoms with Gasteiger partial charge in [0.15, 0.2) is 0 Å². The van der Waals surface area contributed by atoms with Gasteiger partial charge in [0, 0.05) is 24.3 Å². The average Bonchev–Trinajstić information content (AvgIpc) is 2.67. The molecule has 1 aliphatic heterocycles. The summed E-state index contributed by atoms with van der Waals surface area (Å²) in [6, 6.07) is 5.61. The lowest BCUT2D eigenvalue weighted by atomic mass is 9.78. The minimum Gasteiger partial charge on any atom is -0.497 e. The third-order valence-electron chi connectivity index (χ3n) is 3.29. The van der Waals surface area contributed by atoms with E-state index in [1.807, 2.05) is 23.9 Å². The van der Waals surface area contributed by atoms with Crippen LogP contribution in [0.15, 0.2) is 18.2 Å². The third-order valence-corrected chi connectivity index (χ3v) is 4.34. The summed E-state index contributed by atoms with van der Waals surface area (Å²) in [5.74, 6) is 2.93. The monoisotopic (exact) mass is 281 g/mol. The summed E-state index contributed by atoms with van der Waals surface area (Å²) in [6.07, 6.45) is 1.22. The number of methoxy groups -OCH3 is 1. The van der Waals surface area contributed by atoms with Crippen molar-refractivity contribution in [1.82, 2.24) is 4.90 Å². The minimum atomic E-state index is -1.49. The molecule has 2 rings (SSSR count). The van der Waals surface area contributed by atoms with E-state index < -0.39 is 7.12 Å². The Morgan fingerprint density at radius 1 is 1.32 bits per heavy atom. The fourth-order valence-corrected chi connectivity index (χ4v) is 3.22. The molecule has 1 aromatic carbocycles. The topological polar surface area (TPSA) is 52.9 Å². The van der Waals surface area contributed by atoms with Gasteiger partial charge in [0.25, 0.3) is 0 Å². The first-order chi connectivity index (χ1) is 9.20. The Morgan fingerprint density at radius 2 is 2.16 bits per heavy atom. The molecule has 0 unspecified atom stereocenters. The van der Waals surface area contributed by atoms with E-state index in [1.54, 1.807) is 6.07 Å². The zero-order valence-electron chi connectivity index (χ0n) is 11.2. The first-order valence-corrected chi connectivity index (χ1v) is 7.69. The zero-order valence-corrected chi connectivity index (χ0v) is 12.0. The predicted molar refractivity (Wildman–Crippen MR) is 80.0 cm³/mol. The molecule has 104 valence electrons. The lowest BCUT2D eigenvalue weighted by molar-refractivity contribution is 0.287. The summed E-state index contributed by atoms with van der Waals surface area (Å²) in [7, 11) is 0.0435. The number of benzene rings is 1. The van der Waals surface area contributed by atoms with Crippen LogP contribution in [0.3, 0.4) is 0 Å². The van der Waals surface area contributed by atoms with Gasteiger partial charge in [-0.1, -0.05) is 12.1 Å². The van der Waals surface area contributed by atoms with Gasteiger partial charge in [0.05, 0.1) is 7.11 Å². The van der Waals surface area contributed by atoms with Crippen LogP contribution in [0, 0.1) is 0 Å². The Morgan fingerprint density at radius 3 is 2.89 bits per heavy atom. The van der Waals surface area contributed by atoms with Crippen molar-refractivity contribution in [2.45, 2.75) is 13.0 Å². The van der Waals surface area contributed by atoms with Crippen molar-refractivity contribution in [1.29, 1.82) is 0 Å². The molecule has 6 heteroatoms. The Hall–Kier alpha value is -0.685. The molecule has 1 fully saturated rings. The average molecular weight is 281 g/mol. The first-order valence-electron chi connectivity index (χ1n) is 6.54. The highest BCUT2D eigenvalue weighted by Crippen LogP contribution is 2.15. The highest BCUT2D eigenvalue weighted by atomic mass is 32.2. The molecule has 1 heterocycles. The summed E-state index contributed by atoms with van der Waals surface area (Å²) in [6.45, 7) is 3.05. The first kappa shape index (κ1) is 14.7. The molecular formula is C13H20BNO3S.